The van der Waals surface area contributed by atoms with Crippen molar-refractivity contribution in [3.05, 3.63) is 12.2 Å². The minimum Gasteiger partial charge on any atom is -0.299 e. The summed E-state index contributed by atoms with van der Waals surface area (Å²) in [6.45, 7) is 0. The molecule has 4 atom stereocenters. The van der Waals surface area contributed by atoms with Crippen molar-refractivity contribution >= 4 is 5.78 Å². The predicted molar refractivity (Wildman–Crippen MR) is 37.3 cm³/mol. The maximum atomic E-state index is 11.1. The van der Waals surface area contributed by atoms with Crippen molar-refractivity contribution in [2.24, 2.45) is 23.7 Å². The largest absolute Gasteiger partial charge is 0.299 e. The quantitative estimate of drug-likeness (QED) is 0.458. The van der Waals surface area contributed by atoms with Crippen LogP contribution >= 0.6 is 0 Å². The van der Waals surface area contributed by atoms with Crippen LogP contribution in [0.4, 0.5) is 0 Å². The predicted octanol–water partition coefficient (Wildman–Crippen LogP) is 1.40. The molecule has 1 nitrogen and oxygen atoms in total. The highest BCUT2D eigenvalue weighted by Gasteiger charge is 2.54. The number of fused-ring (bicyclic) bond motifs is 5. The Balaban J connectivity index is 2.03. The molecule has 0 aromatic heterocycles. The van der Waals surface area contributed by atoms with Crippen LogP contribution in [0.5, 0.6) is 0 Å². The SMILES string of the molecule is O=C1CC2C3C=CC(C3)C12. The van der Waals surface area contributed by atoms with Gasteiger partial charge in [-0.05, 0) is 24.2 Å². The molecular weight excluding hydrogens is 124 g/mol. The van der Waals surface area contributed by atoms with E-state index < -0.39 is 0 Å². The van der Waals surface area contributed by atoms with E-state index in [0.717, 1.165) is 18.3 Å². The van der Waals surface area contributed by atoms with Crippen molar-refractivity contribution in [2.45, 2.75) is 12.8 Å². The van der Waals surface area contributed by atoms with E-state index in [4.69, 9.17) is 0 Å². The maximum absolute atomic E-state index is 11.1. The smallest absolute Gasteiger partial charge is 0.137 e. The number of hydrogen-bond donors (Lipinski definition) is 0. The first kappa shape index (κ1) is 5.11. The Labute approximate surface area is 60.1 Å². The molecule has 1 heteroatoms. The van der Waals surface area contributed by atoms with Crippen LogP contribution in [0.3, 0.4) is 0 Å². The first-order chi connectivity index (χ1) is 4.86. The van der Waals surface area contributed by atoms with E-state index in [1.54, 1.807) is 0 Å². The Morgan fingerprint density at radius 1 is 1.30 bits per heavy atom. The number of rotatable bonds is 0. The van der Waals surface area contributed by atoms with Gasteiger partial charge in [0.25, 0.3) is 0 Å². The zero-order valence-corrected chi connectivity index (χ0v) is 5.79. The molecule has 0 spiro atoms. The Hall–Kier alpha value is -0.590. The molecule has 0 aliphatic heterocycles. The maximum Gasteiger partial charge on any atom is 0.137 e. The number of allylic oxidation sites excluding steroid dienone is 2. The van der Waals surface area contributed by atoms with Gasteiger partial charge < -0.3 is 0 Å². The first-order valence-electron chi connectivity index (χ1n) is 4.07. The molecule has 10 heavy (non-hydrogen) atoms. The van der Waals surface area contributed by atoms with Crippen molar-refractivity contribution in [2.75, 3.05) is 0 Å². The van der Waals surface area contributed by atoms with Gasteiger partial charge in [-0.2, -0.15) is 0 Å². The third-order valence-corrected chi connectivity index (χ3v) is 3.43. The van der Waals surface area contributed by atoms with Crippen molar-refractivity contribution in [3.63, 3.8) is 0 Å². The summed E-state index contributed by atoms with van der Waals surface area (Å²) in [7, 11) is 0. The highest BCUT2D eigenvalue weighted by Crippen LogP contribution is 2.55. The summed E-state index contributed by atoms with van der Waals surface area (Å²) in [4.78, 5) is 11.1. The lowest BCUT2D eigenvalue weighted by Gasteiger charge is -2.35. The minimum absolute atomic E-state index is 0.468. The minimum atomic E-state index is 0.468. The number of hydrogen-bond acceptors (Lipinski definition) is 1. The van der Waals surface area contributed by atoms with Gasteiger partial charge in [0, 0.05) is 12.3 Å². The molecule has 3 rings (SSSR count). The highest BCUT2D eigenvalue weighted by atomic mass is 16.1. The molecule has 0 heterocycles. The van der Waals surface area contributed by atoms with Gasteiger partial charge in [-0.25, -0.2) is 0 Å². The van der Waals surface area contributed by atoms with E-state index in [0.29, 0.717) is 17.6 Å². The second-order valence-electron chi connectivity index (χ2n) is 3.81. The molecule has 2 saturated carbocycles. The fourth-order valence-electron chi connectivity index (χ4n) is 2.89. The van der Waals surface area contributed by atoms with Gasteiger partial charge in [0.15, 0.2) is 0 Å². The Kier molecular flexibility index (Phi) is 0.697. The van der Waals surface area contributed by atoms with Crippen LogP contribution in [0.2, 0.25) is 0 Å². The summed E-state index contributed by atoms with van der Waals surface area (Å²) in [6.07, 6.45) is 6.73. The molecule has 4 unspecified atom stereocenters. The molecule has 2 fully saturated rings. The summed E-state index contributed by atoms with van der Waals surface area (Å²) < 4.78 is 0. The highest BCUT2D eigenvalue weighted by molar-refractivity contribution is 5.89. The van der Waals surface area contributed by atoms with E-state index in [-0.39, 0.29) is 0 Å². The van der Waals surface area contributed by atoms with E-state index in [9.17, 15) is 4.79 Å². The zero-order chi connectivity index (χ0) is 6.72. The van der Waals surface area contributed by atoms with Crippen LogP contribution in [0.1, 0.15) is 12.8 Å². The van der Waals surface area contributed by atoms with Gasteiger partial charge in [-0.15, -0.1) is 0 Å². The van der Waals surface area contributed by atoms with Crippen LogP contribution in [0.15, 0.2) is 12.2 Å². The normalized spacial score (nSPS) is 55.0. The molecule has 0 aromatic carbocycles. The molecule has 0 N–H and O–H groups in total. The number of Topliss-reactive ketones (excluding diaryl/α,β-unsaturated/α-hetero) is 1. The standard InChI is InChI=1S/C9H10O/c10-8-4-7-5-1-2-6(3-5)9(7)8/h1-2,5-7,9H,3-4H2. The molecule has 2 bridgehead atoms. The van der Waals surface area contributed by atoms with Crippen LogP contribution in [0.25, 0.3) is 0 Å². The number of ketones is 1. The molecule has 3 aliphatic rings. The average Bonchev–Trinajstić information content (AvgIpc) is 2.40. The molecule has 3 aliphatic carbocycles. The lowest BCUT2D eigenvalue weighted by molar-refractivity contribution is -0.134. The molecule has 0 radical (unpaired) electrons. The topological polar surface area (TPSA) is 17.1 Å². The van der Waals surface area contributed by atoms with Crippen molar-refractivity contribution < 1.29 is 4.79 Å². The number of carbonyl (C=O) groups is 1. The summed E-state index contributed by atoms with van der Waals surface area (Å²) in [5, 5.41) is 0. The van der Waals surface area contributed by atoms with Gasteiger partial charge in [-0.1, -0.05) is 12.2 Å². The van der Waals surface area contributed by atoms with Gasteiger partial charge in [0.1, 0.15) is 5.78 Å². The average molecular weight is 134 g/mol. The second-order valence-corrected chi connectivity index (χ2v) is 3.81. The monoisotopic (exact) mass is 134 g/mol. The van der Waals surface area contributed by atoms with Crippen LogP contribution < -0.4 is 0 Å². The summed E-state index contributed by atoms with van der Waals surface area (Å²) in [5.74, 6) is 3.20. The third kappa shape index (κ3) is 0.377. The summed E-state index contributed by atoms with van der Waals surface area (Å²) in [6, 6.07) is 0. The van der Waals surface area contributed by atoms with Gasteiger partial charge in [-0.3, -0.25) is 4.79 Å². The first-order valence-corrected chi connectivity index (χ1v) is 4.07. The molecule has 0 saturated heterocycles. The second kappa shape index (κ2) is 1.36. The van der Waals surface area contributed by atoms with Crippen molar-refractivity contribution in [1.29, 1.82) is 0 Å². The molecule has 52 valence electrons. The van der Waals surface area contributed by atoms with E-state index in [1.165, 1.54) is 6.42 Å². The van der Waals surface area contributed by atoms with Crippen LogP contribution in [0, 0.1) is 23.7 Å². The van der Waals surface area contributed by atoms with Crippen molar-refractivity contribution in [3.8, 4) is 0 Å². The Bertz CT molecular complexity index is 229. The summed E-state index contributed by atoms with van der Waals surface area (Å²) >= 11 is 0. The lowest BCUT2D eigenvalue weighted by atomic mass is 9.67. The van der Waals surface area contributed by atoms with E-state index >= 15 is 0 Å². The van der Waals surface area contributed by atoms with Crippen molar-refractivity contribution in [1.82, 2.24) is 0 Å². The Morgan fingerprint density at radius 3 is 2.70 bits per heavy atom. The third-order valence-electron chi connectivity index (χ3n) is 3.43. The Morgan fingerprint density at radius 2 is 2.10 bits per heavy atom. The number of carbonyl (C=O) groups excluding carboxylic acids is 1. The van der Waals surface area contributed by atoms with Crippen LogP contribution in [-0.4, -0.2) is 5.78 Å². The van der Waals surface area contributed by atoms with Gasteiger partial charge in [0.2, 0.25) is 0 Å². The summed E-state index contributed by atoms with van der Waals surface area (Å²) in [5.41, 5.74) is 0. The zero-order valence-electron chi connectivity index (χ0n) is 5.79. The van der Waals surface area contributed by atoms with Gasteiger partial charge in [0.05, 0.1) is 0 Å². The fourth-order valence-corrected chi connectivity index (χ4v) is 2.89. The van der Waals surface area contributed by atoms with E-state index in [1.807, 2.05) is 0 Å². The van der Waals surface area contributed by atoms with Crippen LogP contribution in [-0.2, 0) is 4.79 Å². The molecular formula is C9H10O. The fraction of sp³-hybridized carbons (Fsp3) is 0.667. The van der Waals surface area contributed by atoms with E-state index in [2.05, 4.69) is 12.2 Å². The lowest BCUT2D eigenvalue weighted by Crippen LogP contribution is -2.39. The van der Waals surface area contributed by atoms with Gasteiger partial charge >= 0.3 is 0 Å². The molecule has 0 aromatic rings. The molecule has 0 amide bonds.